The van der Waals surface area contributed by atoms with Crippen LogP contribution in [-0.2, 0) is 4.79 Å². The molecule has 25 heavy (non-hydrogen) atoms. The van der Waals surface area contributed by atoms with Gasteiger partial charge in [0.25, 0.3) is 5.91 Å². The number of benzene rings is 2. The molecule has 0 radical (unpaired) electrons. The molecule has 2 aromatic carbocycles. The van der Waals surface area contributed by atoms with E-state index in [9.17, 15) is 23.5 Å². The van der Waals surface area contributed by atoms with Crippen LogP contribution in [0.25, 0.3) is 0 Å². The molecule has 2 unspecified atom stereocenters. The van der Waals surface area contributed by atoms with Crippen LogP contribution in [0.15, 0.2) is 42.5 Å². The fourth-order valence-electron chi connectivity index (χ4n) is 2.27. The molecule has 2 rings (SSSR count). The van der Waals surface area contributed by atoms with Gasteiger partial charge in [0.05, 0.1) is 17.8 Å². The molecule has 2 atom stereocenters. The highest BCUT2D eigenvalue weighted by atomic mass is 19.1. The number of amides is 2. The largest absolute Gasteiger partial charge is 0.386 e. The summed E-state index contributed by atoms with van der Waals surface area (Å²) in [4.78, 5) is 23.3. The maximum Gasteiger partial charge on any atom is 0.251 e. The zero-order valence-corrected chi connectivity index (χ0v) is 13.7. The lowest BCUT2D eigenvalue weighted by Crippen LogP contribution is -2.37. The third-order valence-electron chi connectivity index (χ3n) is 3.58. The maximum absolute atomic E-state index is 13.6. The van der Waals surface area contributed by atoms with Crippen LogP contribution in [0.3, 0.4) is 0 Å². The molecule has 0 fully saturated rings. The number of aliphatic hydroxyl groups excluding tert-OH is 1. The molecular formula is C18H18F2N2O3. The highest BCUT2D eigenvalue weighted by Gasteiger charge is 2.20. The van der Waals surface area contributed by atoms with Gasteiger partial charge in [-0.15, -0.1) is 0 Å². The number of hydrogen-bond acceptors (Lipinski definition) is 3. The summed E-state index contributed by atoms with van der Waals surface area (Å²) in [5.41, 5.74) is 0.474. The van der Waals surface area contributed by atoms with Gasteiger partial charge in [0.1, 0.15) is 11.6 Å². The Morgan fingerprint density at radius 1 is 1.08 bits per heavy atom. The summed E-state index contributed by atoms with van der Waals surface area (Å²) >= 11 is 0. The van der Waals surface area contributed by atoms with Crippen molar-refractivity contribution >= 4 is 17.5 Å². The number of carbonyl (C=O) groups excluding carboxylic acids is 2. The van der Waals surface area contributed by atoms with Crippen molar-refractivity contribution in [2.75, 3.05) is 5.32 Å². The molecule has 3 N–H and O–H groups in total. The Hall–Kier alpha value is -2.80. The van der Waals surface area contributed by atoms with E-state index in [-0.39, 0.29) is 11.3 Å². The fraction of sp³-hybridized carbons (Fsp3) is 0.222. The van der Waals surface area contributed by atoms with Gasteiger partial charge in [0.15, 0.2) is 0 Å². The van der Waals surface area contributed by atoms with Gasteiger partial charge < -0.3 is 15.7 Å². The maximum atomic E-state index is 13.6. The van der Waals surface area contributed by atoms with E-state index in [1.807, 2.05) is 0 Å². The first kappa shape index (κ1) is 18.5. The zero-order chi connectivity index (χ0) is 18.6. The Balaban J connectivity index is 2.10. The van der Waals surface area contributed by atoms with Crippen molar-refractivity contribution in [3.05, 3.63) is 65.2 Å². The van der Waals surface area contributed by atoms with Crippen LogP contribution in [0.4, 0.5) is 14.5 Å². The predicted octanol–water partition coefficient (Wildman–Crippen LogP) is 2.78. The summed E-state index contributed by atoms with van der Waals surface area (Å²) in [6, 6.07) is 8.16. The van der Waals surface area contributed by atoms with Crippen molar-refractivity contribution < 1.29 is 23.5 Å². The monoisotopic (exact) mass is 348 g/mol. The van der Waals surface area contributed by atoms with E-state index in [2.05, 4.69) is 10.6 Å². The van der Waals surface area contributed by atoms with E-state index >= 15 is 0 Å². The molecule has 0 spiro atoms. The summed E-state index contributed by atoms with van der Waals surface area (Å²) in [7, 11) is 0. The molecule has 7 heteroatoms. The fourth-order valence-corrected chi connectivity index (χ4v) is 2.27. The summed E-state index contributed by atoms with van der Waals surface area (Å²) in [5.74, 6) is -2.09. The number of rotatable bonds is 5. The second-order valence-electron chi connectivity index (χ2n) is 5.63. The summed E-state index contributed by atoms with van der Waals surface area (Å²) in [6.07, 6.45) is -1.04. The number of carbonyl (C=O) groups is 2. The first-order valence-electron chi connectivity index (χ1n) is 7.59. The second-order valence-corrected chi connectivity index (χ2v) is 5.63. The van der Waals surface area contributed by atoms with Crippen LogP contribution >= 0.6 is 0 Å². The van der Waals surface area contributed by atoms with E-state index in [4.69, 9.17) is 0 Å². The average Bonchev–Trinajstić information content (AvgIpc) is 2.56. The minimum atomic E-state index is -1.04. The SMILES string of the molecule is CC(=O)Nc1cc(C(=O)NC(C)C(O)c2ccc(F)cc2)ccc1F. The third-order valence-corrected chi connectivity index (χ3v) is 3.58. The number of anilines is 1. The Morgan fingerprint density at radius 2 is 1.72 bits per heavy atom. The smallest absolute Gasteiger partial charge is 0.251 e. The lowest BCUT2D eigenvalue weighted by atomic mass is 10.0. The second kappa shape index (κ2) is 7.85. The van der Waals surface area contributed by atoms with Crippen molar-refractivity contribution in [3.8, 4) is 0 Å². The van der Waals surface area contributed by atoms with Crippen molar-refractivity contribution in [1.29, 1.82) is 0 Å². The van der Waals surface area contributed by atoms with E-state index in [1.165, 1.54) is 43.3 Å². The summed E-state index contributed by atoms with van der Waals surface area (Å²) < 4.78 is 26.6. The van der Waals surface area contributed by atoms with E-state index < -0.39 is 35.6 Å². The number of aliphatic hydroxyl groups is 1. The topological polar surface area (TPSA) is 78.4 Å². The molecule has 0 aromatic heterocycles. The van der Waals surface area contributed by atoms with Gasteiger partial charge in [-0.1, -0.05) is 12.1 Å². The Kier molecular flexibility index (Phi) is 5.82. The molecule has 0 saturated heterocycles. The van der Waals surface area contributed by atoms with Gasteiger partial charge in [-0.3, -0.25) is 9.59 Å². The summed E-state index contributed by atoms with van der Waals surface area (Å²) in [6.45, 7) is 2.82. The summed E-state index contributed by atoms with van der Waals surface area (Å²) in [5, 5.41) is 15.1. The molecule has 0 aliphatic carbocycles. The quantitative estimate of drug-likeness (QED) is 0.777. The lowest BCUT2D eigenvalue weighted by Gasteiger charge is -2.21. The van der Waals surface area contributed by atoms with E-state index in [0.29, 0.717) is 5.56 Å². The van der Waals surface area contributed by atoms with Gasteiger partial charge in [-0.05, 0) is 42.8 Å². The molecule has 0 heterocycles. The van der Waals surface area contributed by atoms with E-state index in [1.54, 1.807) is 6.92 Å². The van der Waals surface area contributed by atoms with Crippen molar-refractivity contribution in [2.45, 2.75) is 26.0 Å². The van der Waals surface area contributed by atoms with Crippen molar-refractivity contribution in [3.63, 3.8) is 0 Å². The van der Waals surface area contributed by atoms with Crippen LogP contribution in [0.2, 0.25) is 0 Å². The van der Waals surface area contributed by atoms with Crippen molar-refractivity contribution in [1.82, 2.24) is 5.32 Å². The van der Waals surface area contributed by atoms with Crippen LogP contribution in [0.5, 0.6) is 0 Å². The van der Waals surface area contributed by atoms with Crippen LogP contribution in [0.1, 0.15) is 35.9 Å². The molecule has 5 nitrogen and oxygen atoms in total. The molecule has 0 bridgehead atoms. The highest BCUT2D eigenvalue weighted by molar-refractivity contribution is 5.97. The van der Waals surface area contributed by atoms with E-state index in [0.717, 1.165) is 6.07 Å². The lowest BCUT2D eigenvalue weighted by molar-refractivity contribution is -0.114. The van der Waals surface area contributed by atoms with Gasteiger partial charge >= 0.3 is 0 Å². The standard InChI is InChI=1S/C18H18F2N2O3/c1-10(17(24)12-3-6-14(19)7-4-12)21-18(25)13-5-8-15(20)16(9-13)22-11(2)23/h3-10,17,24H,1-2H3,(H,21,25)(H,22,23). The first-order valence-corrected chi connectivity index (χ1v) is 7.59. The van der Waals surface area contributed by atoms with Crippen LogP contribution < -0.4 is 10.6 Å². The Labute approximate surface area is 143 Å². The predicted molar refractivity (Wildman–Crippen MR) is 89.0 cm³/mol. The minimum absolute atomic E-state index is 0.105. The molecule has 2 aromatic rings. The van der Waals surface area contributed by atoms with Gasteiger partial charge in [0.2, 0.25) is 5.91 Å². The molecular weight excluding hydrogens is 330 g/mol. The average molecular weight is 348 g/mol. The van der Waals surface area contributed by atoms with Crippen molar-refractivity contribution in [2.24, 2.45) is 0 Å². The number of nitrogens with one attached hydrogen (secondary N) is 2. The van der Waals surface area contributed by atoms with Gasteiger partial charge in [-0.25, -0.2) is 8.78 Å². The van der Waals surface area contributed by atoms with Crippen LogP contribution in [-0.4, -0.2) is 23.0 Å². The number of hydrogen-bond donors (Lipinski definition) is 3. The molecule has 0 saturated carbocycles. The molecule has 2 amide bonds. The van der Waals surface area contributed by atoms with Gasteiger partial charge in [-0.2, -0.15) is 0 Å². The van der Waals surface area contributed by atoms with Crippen LogP contribution in [0, 0.1) is 11.6 Å². The normalized spacial score (nSPS) is 13.0. The first-order chi connectivity index (χ1) is 11.8. The highest BCUT2D eigenvalue weighted by Crippen LogP contribution is 2.19. The zero-order valence-electron chi connectivity index (χ0n) is 13.7. The Bertz CT molecular complexity index is 778. The number of halogens is 2. The minimum Gasteiger partial charge on any atom is -0.386 e. The third kappa shape index (κ3) is 4.84. The Morgan fingerprint density at radius 3 is 2.32 bits per heavy atom. The molecule has 132 valence electrons. The molecule has 0 aliphatic rings. The molecule has 0 aliphatic heterocycles. The van der Waals surface area contributed by atoms with Gasteiger partial charge in [0, 0.05) is 12.5 Å².